The molecule has 0 aliphatic heterocycles. The van der Waals surface area contributed by atoms with Crippen LogP contribution in [0.1, 0.15) is 37.1 Å². The molecule has 20 heavy (non-hydrogen) atoms. The maximum atomic E-state index is 12.9. The molecule has 1 saturated carbocycles. The summed E-state index contributed by atoms with van der Waals surface area (Å²) in [6.07, 6.45) is 3.84. The normalized spacial score (nSPS) is 17.2. The zero-order valence-corrected chi connectivity index (χ0v) is 13.2. The molecule has 6 nitrogen and oxygen atoms in total. The summed E-state index contributed by atoms with van der Waals surface area (Å²) in [5.74, 6) is 0. The van der Waals surface area contributed by atoms with Crippen molar-refractivity contribution in [3.8, 4) is 0 Å². The first-order valence-electron chi connectivity index (χ1n) is 7.02. The number of hydrogen-bond donors (Lipinski definition) is 1. The molecule has 0 atom stereocenters. The monoisotopic (exact) mass is 301 g/mol. The van der Waals surface area contributed by atoms with Crippen molar-refractivity contribution >= 4 is 10.0 Å². The smallest absolute Gasteiger partial charge is 0.247 e. The molecule has 1 aliphatic carbocycles. The van der Waals surface area contributed by atoms with E-state index in [1.165, 1.54) is 4.31 Å². The van der Waals surface area contributed by atoms with Gasteiger partial charge in [0.2, 0.25) is 10.0 Å². The summed E-state index contributed by atoms with van der Waals surface area (Å²) in [6.45, 7) is 3.47. The van der Waals surface area contributed by atoms with Crippen LogP contribution in [0, 0.1) is 13.8 Å². The van der Waals surface area contributed by atoms with Crippen LogP contribution in [-0.2, 0) is 17.1 Å². The lowest BCUT2D eigenvalue weighted by Crippen LogP contribution is -2.41. The predicted molar refractivity (Wildman–Crippen MR) is 75.9 cm³/mol. The van der Waals surface area contributed by atoms with Gasteiger partial charge in [-0.15, -0.1) is 0 Å². The van der Waals surface area contributed by atoms with Gasteiger partial charge in [0.1, 0.15) is 4.90 Å². The average Bonchev–Trinajstić information content (AvgIpc) is 2.96. The average molecular weight is 301 g/mol. The van der Waals surface area contributed by atoms with Crippen molar-refractivity contribution in [2.45, 2.75) is 50.5 Å². The molecule has 0 bridgehead atoms. The number of aliphatic hydroxyl groups is 1. The van der Waals surface area contributed by atoms with Crippen molar-refractivity contribution < 1.29 is 13.5 Å². The second kappa shape index (κ2) is 5.83. The predicted octanol–water partition coefficient (Wildman–Crippen LogP) is 0.963. The van der Waals surface area contributed by atoms with E-state index in [1.807, 2.05) is 0 Å². The van der Waals surface area contributed by atoms with E-state index >= 15 is 0 Å². The number of sulfonamides is 1. The molecule has 1 aromatic rings. The largest absolute Gasteiger partial charge is 0.395 e. The molecule has 1 heterocycles. The first-order chi connectivity index (χ1) is 9.39. The third-order valence-electron chi connectivity index (χ3n) is 4.06. The number of aliphatic hydroxyl groups excluding tert-OH is 1. The van der Waals surface area contributed by atoms with Crippen LogP contribution in [0.3, 0.4) is 0 Å². The SMILES string of the molecule is Cc1nn(C)c(C)c1S(=O)(=O)N(CCO)C1CCCC1. The standard InChI is InChI=1S/C13H23N3O3S/c1-10-13(11(2)15(3)14-10)20(18,19)16(8-9-17)12-6-4-5-7-12/h12,17H,4-9H2,1-3H3. The Balaban J connectivity index is 2.44. The Morgan fingerprint density at radius 1 is 1.35 bits per heavy atom. The zero-order valence-electron chi connectivity index (χ0n) is 12.3. The van der Waals surface area contributed by atoms with Crippen LogP contribution >= 0.6 is 0 Å². The van der Waals surface area contributed by atoms with Gasteiger partial charge in [-0.25, -0.2) is 8.42 Å². The first-order valence-corrected chi connectivity index (χ1v) is 8.46. The van der Waals surface area contributed by atoms with E-state index in [-0.39, 0.29) is 19.2 Å². The Morgan fingerprint density at radius 3 is 2.40 bits per heavy atom. The zero-order chi connectivity index (χ0) is 14.9. The van der Waals surface area contributed by atoms with Gasteiger partial charge < -0.3 is 5.11 Å². The molecule has 0 saturated heterocycles. The van der Waals surface area contributed by atoms with Gasteiger partial charge in [-0.3, -0.25) is 4.68 Å². The van der Waals surface area contributed by atoms with Crippen LogP contribution in [0.2, 0.25) is 0 Å². The molecular formula is C13H23N3O3S. The maximum absolute atomic E-state index is 12.9. The minimum Gasteiger partial charge on any atom is -0.395 e. The Bertz CT molecular complexity index is 574. The number of nitrogens with zero attached hydrogens (tertiary/aromatic N) is 3. The fourth-order valence-electron chi connectivity index (χ4n) is 3.03. The lowest BCUT2D eigenvalue weighted by Gasteiger charge is -2.27. The number of rotatable bonds is 5. The van der Waals surface area contributed by atoms with Gasteiger partial charge in [0.25, 0.3) is 0 Å². The molecule has 0 amide bonds. The van der Waals surface area contributed by atoms with Gasteiger partial charge in [0.15, 0.2) is 0 Å². The molecule has 2 rings (SSSR count). The molecule has 1 fully saturated rings. The van der Waals surface area contributed by atoms with Crippen LogP contribution in [0.4, 0.5) is 0 Å². The fourth-order valence-corrected chi connectivity index (χ4v) is 5.11. The van der Waals surface area contributed by atoms with Crippen LogP contribution in [0.15, 0.2) is 4.90 Å². The summed E-state index contributed by atoms with van der Waals surface area (Å²) in [6, 6.07) is 0.00570. The van der Waals surface area contributed by atoms with Gasteiger partial charge in [0.05, 0.1) is 18.0 Å². The van der Waals surface area contributed by atoms with Crippen molar-refractivity contribution in [1.29, 1.82) is 0 Å². The topological polar surface area (TPSA) is 75.4 Å². The van der Waals surface area contributed by atoms with Crippen molar-refractivity contribution in [3.63, 3.8) is 0 Å². The van der Waals surface area contributed by atoms with E-state index in [0.717, 1.165) is 25.7 Å². The maximum Gasteiger partial charge on any atom is 0.247 e. The lowest BCUT2D eigenvalue weighted by atomic mass is 10.2. The Morgan fingerprint density at radius 2 is 1.95 bits per heavy atom. The number of aryl methyl sites for hydroxylation is 2. The summed E-state index contributed by atoms with van der Waals surface area (Å²) in [5, 5.41) is 13.4. The Labute approximate surface area is 120 Å². The van der Waals surface area contributed by atoms with E-state index in [2.05, 4.69) is 5.10 Å². The molecule has 0 spiro atoms. The number of hydrogen-bond acceptors (Lipinski definition) is 4. The van der Waals surface area contributed by atoms with Crippen LogP contribution in [0.5, 0.6) is 0 Å². The Hall–Kier alpha value is -0.920. The second-order valence-corrected chi connectivity index (χ2v) is 7.23. The fraction of sp³-hybridized carbons (Fsp3) is 0.769. The summed E-state index contributed by atoms with van der Waals surface area (Å²) >= 11 is 0. The second-order valence-electron chi connectivity index (χ2n) is 5.40. The minimum atomic E-state index is -3.60. The van der Waals surface area contributed by atoms with E-state index < -0.39 is 10.0 Å². The van der Waals surface area contributed by atoms with E-state index in [9.17, 15) is 13.5 Å². The lowest BCUT2D eigenvalue weighted by molar-refractivity contribution is 0.226. The van der Waals surface area contributed by atoms with Crippen molar-refractivity contribution in [1.82, 2.24) is 14.1 Å². The third kappa shape index (κ3) is 2.62. The Kier molecular flexibility index (Phi) is 4.51. The molecule has 0 radical (unpaired) electrons. The summed E-state index contributed by atoms with van der Waals surface area (Å²) in [4.78, 5) is 0.292. The highest BCUT2D eigenvalue weighted by Crippen LogP contribution is 2.30. The van der Waals surface area contributed by atoms with Gasteiger partial charge in [0, 0.05) is 19.6 Å². The molecule has 1 aromatic heterocycles. The third-order valence-corrected chi connectivity index (χ3v) is 6.27. The molecule has 0 aromatic carbocycles. The highest BCUT2D eigenvalue weighted by atomic mass is 32.2. The van der Waals surface area contributed by atoms with Crippen LogP contribution < -0.4 is 0 Å². The van der Waals surface area contributed by atoms with E-state index in [0.29, 0.717) is 16.3 Å². The molecule has 1 aliphatic rings. The molecular weight excluding hydrogens is 278 g/mol. The van der Waals surface area contributed by atoms with E-state index in [1.54, 1.807) is 25.6 Å². The quantitative estimate of drug-likeness (QED) is 0.879. The summed E-state index contributed by atoms with van der Waals surface area (Å²) < 4.78 is 28.9. The first kappa shape index (κ1) is 15.5. The highest BCUT2D eigenvalue weighted by molar-refractivity contribution is 7.89. The van der Waals surface area contributed by atoms with Gasteiger partial charge >= 0.3 is 0 Å². The van der Waals surface area contributed by atoms with Gasteiger partial charge in [-0.05, 0) is 26.7 Å². The number of aromatic nitrogens is 2. The van der Waals surface area contributed by atoms with Crippen LogP contribution in [0.25, 0.3) is 0 Å². The minimum absolute atomic E-state index is 0.00570. The van der Waals surface area contributed by atoms with Crippen molar-refractivity contribution in [3.05, 3.63) is 11.4 Å². The van der Waals surface area contributed by atoms with E-state index in [4.69, 9.17) is 0 Å². The molecule has 7 heteroatoms. The summed E-state index contributed by atoms with van der Waals surface area (Å²) in [5.41, 5.74) is 1.16. The van der Waals surface area contributed by atoms with Crippen LogP contribution in [-0.4, -0.2) is 46.8 Å². The summed E-state index contributed by atoms with van der Waals surface area (Å²) in [7, 11) is -1.85. The van der Waals surface area contributed by atoms with Gasteiger partial charge in [-0.1, -0.05) is 12.8 Å². The van der Waals surface area contributed by atoms with Gasteiger partial charge in [-0.2, -0.15) is 9.40 Å². The molecule has 0 unspecified atom stereocenters. The van der Waals surface area contributed by atoms with Crippen molar-refractivity contribution in [2.75, 3.05) is 13.2 Å². The molecule has 1 N–H and O–H groups in total. The van der Waals surface area contributed by atoms with Crippen molar-refractivity contribution in [2.24, 2.45) is 7.05 Å². The molecule has 114 valence electrons. The highest BCUT2D eigenvalue weighted by Gasteiger charge is 2.36.